The van der Waals surface area contributed by atoms with E-state index in [1.807, 2.05) is 105 Å². The minimum absolute atomic E-state index is 0.0422. The number of halogens is 4. The maximum atomic E-state index is 14.7. The number of carbonyl (C=O) groups is 5. The Balaban J connectivity index is 0.661. The molecule has 3 fully saturated rings. The number of alkyl halides is 3. The molecule has 0 saturated carbocycles. The van der Waals surface area contributed by atoms with E-state index in [0.29, 0.717) is 82.6 Å². The van der Waals surface area contributed by atoms with E-state index in [1.165, 1.54) is 56.8 Å². The molecule has 29 heteroatoms. The van der Waals surface area contributed by atoms with Crippen molar-refractivity contribution in [3.8, 4) is 10.4 Å². The van der Waals surface area contributed by atoms with Crippen molar-refractivity contribution < 1.29 is 59.1 Å². The monoisotopic (exact) mass is 1600 g/mol. The van der Waals surface area contributed by atoms with Gasteiger partial charge in [0.1, 0.15) is 17.0 Å². The van der Waals surface area contributed by atoms with Gasteiger partial charge in [-0.15, -0.1) is 34.4 Å². The molecule has 5 aromatic carbocycles. The SMILES string of the molecule is Cc1ncsc1-c1ccc([C@H](C)NC(=O)[C@@H]2C[C@@H](O)CN2C(=O)[C@@H](NC(=O)CCCCCC(=O)N2CCN(CC[C@H](CSc3csc4ccccc34)Nc3ccc(S(=O)(=O)NC(=O)c4ccc(N5CCN(CC6=C(c7ccc(Cl)cc7)CCC(C)(C)C6)CC5)cc4)cc3S(=O)(=O)C(F)(F)F)CC2)C(C)(C)C)cc1. The van der Waals surface area contributed by atoms with Crippen molar-refractivity contribution in [2.24, 2.45) is 10.8 Å². The number of nitrogens with zero attached hydrogens (tertiary/aromatic N) is 6. The van der Waals surface area contributed by atoms with Gasteiger partial charge < -0.3 is 35.8 Å². The number of unbranched alkanes of at least 4 members (excludes halogenated alkanes) is 2. The molecule has 5 atom stereocenters. The molecule has 5 amide bonds. The lowest BCUT2D eigenvalue weighted by molar-refractivity contribution is -0.144. The van der Waals surface area contributed by atoms with Gasteiger partial charge >= 0.3 is 5.51 Å². The Hall–Kier alpha value is -7.41. The highest BCUT2D eigenvalue weighted by Gasteiger charge is 2.49. The van der Waals surface area contributed by atoms with Crippen molar-refractivity contribution in [3.05, 3.63) is 159 Å². The summed E-state index contributed by atoms with van der Waals surface area (Å²) >= 11 is 10.7. The molecule has 0 bridgehead atoms. The molecular formula is C79H96ClF3N10O10S5. The van der Waals surface area contributed by atoms with Gasteiger partial charge in [-0.25, -0.2) is 26.5 Å². The van der Waals surface area contributed by atoms with Crippen LogP contribution in [-0.2, 0) is 39.0 Å². The summed E-state index contributed by atoms with van der Waals surface area (Å²) in [4.78, 5) is 82.9. The van der Waals surface area contributed by atoms with Gasteiger partial charge in [0.15, 0.2) is 0 Å². The van der Waals surface area contributed by atoms with Gasteiger partial charge in [0, 0.05) is 140 Å². The van der Waals surface area contributed by atoms with Crippen LogP contribution in [0.4, 0.5) is 24.5 Å². The van der Waals surface area contributed by atoms with E-state index < -0.39 is 94.3 Å². The quantitative estimate of drug-likeness (QED) is 0.0226. The molecule has 3 saturated heterocycles. The van der Waals surface area contributed by atoms with Gasteiger partial charge in [-0.05, 0) is 146 Å². The first kappa shape index (κ1) is 81.6. The Morgan fingerprint density at radius 2 is 1.47 bits per heavy atom. The fraction of sp³-hybridized carbons (Fsp3) is 0.468. The molecular weight excluding hydrogens is 1500 g/mol. The molecule has 1 aliphatic carbocycles. The summed E-state index contributed by atoms with van der Waals surface area (Å²) in [5.41, 5.74) is 2.50. The van der Waals surface area contributed by atoms with E-state index >= 15 is 0 Å². The van der Waals surface area contributed by atoms with Gasteiger partial charge in [-0.1, -0.05) is 113 Å². The number of benzene rings is 5. The first-order chi connectivity index (χ1) is 51.2. The highest BCUT2D eigenvalue weighted by atomic mass is 35.5. The predicted molar refractivity (Wildman–Crippen MR) is 422 cm³/mol. The third-order valence-electron chi connectivity index (χ3n) is 20.8. The van der Waals surface area contributed by atoms with E-state index in [0.717, 1.165) is 93.4 Å². The number of sulfone groups is 1. The van der Waals surface area contributed by atoms with Crippen LogP contribution in [0.15, 0.2) is 146 Å². The lowest BCUT2D eigenvalue weighted by Crippen LogP contribution is -2.57. The molecule has 580 valence electrons. The van der Waals surface area contributed by atoms with Crippen LogP contribution >= 0.6 is 46.0 Å². The number of hydrogen-bond donors (Lipinski definition) is 5. The molecule has 7 aromatic rings. The minimum Gasteiger partial charge on any atom is -0.391 e. The standard InChI is InChI=1S/C79H96ClF3N10O10S5/c1-51(53-17-19-55(20-18-53)72-52(2)84-50-106-72)85-75(98)66-43-61(94)47-93(66)76(99)73(77(3,4)5)87-70(95)15-9-8-10-16-71(96)92-41-35-89(36-42-92)34-32-59(48-104-68-49-105-67-14-12-11-13-64(67)68)86-65-30-29-62(44-69(65)107(100,101)79(81,82)83)108(102,103)88-74(97)56-23-27-60(28-24-56)91-39-37-90(38-40-91)46-57-45-78(6,7)33-31-63(57)54-21-25-58(80)26-22-54/h11-14,17-30,44,49-51,59,61,66,73,86,94H,8-10,15-16,31-43,45-48H2,1-7H3,(H,85,98)(H,87,95)(H,88,97)/t51-,59+,61+,66-,73+/m0/s1. The van der Waals surface area contributed by atoms with Crippen LogP contribution in [0.5, 0.6) is 0 Å². The van der Waals surface area contributed by atoms with Crippen molar-refractivity contribution in [2.75, 3.05) is 88.0 Å². The van der Waals surface area contributed by atoms with E-state index in [2.05, 4.69) is 61.6 Å². The Morgan fingerprint density at radius 1 is 0.796 bits per heavy atom. The van der Waals surface area contributed by atoms with Crippen LogP contribution in [0.1, 0.15) is 139 Å². The molecule has 3 aliphatic heterocycles. The van der Waals surface area contributed by atoms with E-state index in [9.17, 15) is 59.1 Å². The lowest BCUT2D eigenvalue weighted by atomic mass is 9.73. The number of carbonyl (C=O) groups excluding carboxylic acids is 5. The van der Waals surface area contributed by atoms with Crippen LogP contribution in [0.2, 0.25) is 5.02 Å². The Bertz CT molecular complexity index is 4630. The van der Waals surface area contributed by atoms with Crippen LogP contribution < -0.4 is 25.6 Å². The summed E-state index contributed by atoms with van der Waals surface area (Å²) < 4.78 is 102. The molecule has 20 nitrogen and oxygen atoms in total. The minimum atomic E-state index is -6.20. The Morgan fingerprint density at radius 3 is 2.15 bits per heavy atom. The fourth-order valence-corrected chi connectivity index (χ4v) is 19.8. The zero-order chi connectivity index (χ0) is 77.5. The number of thioether (sulfide) groups is 1. The van der Waals surface area contributed by atoms with Gasteiger partial charge in [0.25, 0.3) is 25.8 Å². The second kappa shape index (κ2) is 34.9. The summed E-state index contributed by atoms with van der Waals surface area (Å²) in [7, 11) is -11.2. The maximum absolute atomic E-state index is 14.7. The lowest BCUT2D eigenvalue weighted by Gasteiger charge is -2.39. The van der Waals surface area contributed by atoms with Crippen molar-refractivity contribution in [2.45, 2.75) is 163 Å². The number of aliphatic hydroxyl groups excluding tert-OH is 1. The van der Waals surface area contributed by atoms with Crippen molar-refractivity contribution in [1.29, 1.82) is 0 Å². The van der Waals surface area contributed by atoms with E-state index in [1.54, 1.807) is 33.9 Å². The van der Waals surface area contributed by atoms with Crippen LogP contribution in [0.25, 0.3) is 26.1 Å². The van der Waals surface area contributed by atoms with Gasteiger partial charge in [-0.3, -0.25) is 33.8 Å². The molecule has 0 unspecified atom stereocenters. The van der Waals surface area contributed by atoms with Crippen LogP contribution in [0.3, 0.4) is 0 Å². The number of rotatable bonds is 28. The van der Waals surface area contributed by atoms with Crippen molar-refractivity contribution >= 4 is 122 Å². The number of aliphatic hydroxyl groups is 1. The zero-order valence-electron chi connectivity index (χ0n) is 61.9. The third kappa shape index (κ3) is 20.4. The molecule has 11 rings (SSSR count). The maximum Gasteiger partial charge on any atom is 0.501 e. The number of piperazine rings is 2. The normalized spacial score (nSPS) is 18.6. The number of hydrogen-bond acceptors (Lipinski definition) is 18. The smallest absolute Gasteiger partial charge is 0.391 e. The Kier molecular flexibility index (Phi) is 26.3. The van der Waals surface area contributed by atoms with Crippen molar-refractivity contribution in [1.82, 2.24) is 39.9 Å². The van der Waals surface area contributed by atoms with Gasteiger partial charge in [0.05, 0.1) is 38.8 Å². The number of aryl methyl sites for hydroxylation is 1. The second-order valence-electron chi connectivity index (χ2n) is 30.5. The molecule has 4 aliphatic rings. The molecule has 2 aromatic heterocycles. The number of sulfonamides is 1. The predicted octanol–water partition coefficient (Wildman–Crippen LogP) is 13.6. The number of likely N-dealkylation sites (tertiary alicyclic amines) is 1. The number of thiazole rings is 1. The molecule has 0 spiro atoms. The van der Waals surface area contributed by atoms with E-state index in [-0.39, 0.29) is 54.4 Å². The topological polar surface area (TPSA) is 251 Å². The number of fused-ring (bicyclic) bond motifs is 1. The number of anilines is 2. The highest BCUT2D eigenvalue weighted by molar-refractivity contribution is 7.99. The average Bonchev–Trinajstić information content (AvgIpc) is 0.826. The highest BCUT2D eigenvalue weighted by Crippen LogP contribution is 2.44. The summed E-state index contributed by atoms with van der Waals surface area (Å²) in [6, 6.07) is 29.3. The largest absolute Gasteiger partial charge is 0.501 e. The summed E-state index contributed by atoms with van der Waals surface area (Å²) in [6.45, 7) is 19.8. The number of thiophene rings is 1. The van der Waals surface area contributed by atoms with Crippen LogP contribution in [-0.4, -0.2) is 184 Å². The van der Waals surface area contributed by atoms with E-state index in [4.69, 9.17) is 11.6 Å². The molecule has 108 heavy (non-hydrogen) atoms. The fourth-order valence-electron chi connectivity index (χ4n) is 14.6. The zero-order valence-corrected chi connectivity index (χ0v) is 66.8. The summed E-state index contributed by atoms with van der Waals surface area (Å²) in [5.74, 6) is -2.11. The second-order valence-corrected chi connectivity index (χ2v) is 37.3. The molecule has 5 N–H and O–H groups in total. The average molecular weight is 1600 g/mol. The number of β-amino-alcohol motifs (C(OH)–C–C–N with tert-alkyl or cyclic N) is 1. The Labute approximate surface area is 648 Å². The first-order valence-electron chi connectivity index (χ1n) is 36.7. The first-order valence-corrected chi connectivity index (χ1v) is 42.8. The summed E-state index contributed by atoms with van der Waals surface area (Å²) in [5, 5.41) is 23.4. The molecule has 5 heterocycles. The van der Waals surface area contributed by atoms with Gasteiger partial charge in [0.2, 0.25) is 23.6 Å². The number of aromatic nitrogens is 1. The number of nitrogens with one attached hydrogen (secondary N) is 4. The third-order valence-corrected chi connectivity index (χ3v) is 27.3. The number of amides is 5. The summed E-state index contributed by atoms with van der Waals surface area (Å²) in [6.07, 6.45) is 4.31. The molecule has 0 radical (unpaired) electrons. The van der Waals surface area contributed by atoms with Crippen LogP contribution in [0, 0.1) is 17.8 Å². The number of allylic oxidation sites excluding steroid dienone is 1. The van der Waals surface area contributed by atoms with Gasteiger partial charge in [-0.2, -0.15) is 13.2 Å². The van der Waals surface area contributed by atoms with Crippen molar-refractivity contribution in [3.63, 3.8) is 0 Å².